The maximum absolute atomic E-state index is 12.1. The van der Waals surface area contributed by atoms with Crippen LogP contribution in [0.4, 0.5) is 0 Å². The molecule has 0 saturated heterocycles. The van der Waals surface area contributed by atoms with Gasteiger partial charge in [-0.25, -0.2) is 4.79 Å². The Morgan fingerprint density at radius 3 is 2.37 bits per heavy atom. The molecule has 0 aliphatic rings. The van der Waals surface area contributed by atoms with Gasteiger partial charge in [0.15, 0.2) is 0 Å². The van der Waals surface area contributed by atoms with Crippen molar-refractivity contribution in [3.63, 3.8) is 0 Å². The van der Waals surface area contributed by atoms with E-state index in [2.05, 4.69) is 0 Å². The average Bonchev–Trinajstić information content (AvgIpc) is 2.39. The van der Waals surface area contributed by atoms with Crippen molar-refractivity contribution in [2.75, 3.05) is 0 Å². The fourth-order valence-electron chi connectivity index (χ4n) is 1.63. The van der Waals surface area contributed by atoms with Crippen molar-refractivity contribution in [2.24, 2.45) is 0 Å². The van der Waals surface area contributed by atoms with Crippen molar-refractivity contribution < 1.29 is 19.2 Å². The summed E-state index contributed by atoms with van der Waals surface area (Å²) in [6.07, 6.45) is 0. The molecule has 0 amide bonds. The summed E-state index contributed by atoms with van der Waals surface area (Å²) in [5.74, 6) is -0.595. The van der Waals surface area contributed by atoms with Gasteiger partial charge in [-0.3, -0.25) is 4.21 Å². The van der Waals surface area contributed by atoms with Crippen molar-refractivity contribution in [3.05, 3.63) is 59.7 Å². The maximum Gasteiger partial charge on any atom is 0.335 e. The molecule has 0 saturated carbocycles. The van der Waals surface area contributed by atoms with Gasteiger partial charge in [-0.15, -0.1) is 0 Å². The van der Waals surface area contributed by atoms with E-state index in [1.807, 2.05) is 0 Å². The topological polar surface area (TPSA) is 74.6 Å². The van der Waals surface area contributed by atoms with Crippen LogP contribution in [0.25, 0.3) is 0 Å². The molecule has 0 aromatic heterocycles. The van der Waals surface area contributed by atoms with E-state index in [0.717, 1.165) is 5.56 Å². The molecule has 0 aliphatic carbocycles. The van der Waals surface area contributed by atoms with Crippen LogP contribution >= 0.6 is 0 Å². The number of hydrogen-bond acceptors (Lipinski definition) is 3. The number of rotatable bonds is 4. The van der Waals surface area contributed by atoms with Crippen molar-refractivity contribution in [3.8, 4) is 5.75 Å². The number of phenols is 1. The van der Waals surface area contributed by atoms with Crippen molar-refractivity contribution >= 4 is 16.8 Å². The minimum absolute atomic E-state index is 0.135. The smallest absolute Gasteiger partial charge is 0.335 e. The second-order valence-corrected chi connectivity index (χ2v) is 5.44. The van der Waals surface area contributed by atoms with Gasteiger partial charge >= 0.3 is 5.97 Å². The molecule has 5 heteroatoms. The van der Waals surface area contributed by atoms with Crippen LogP contribution in [0, 0.1) is 0 Å². The summed E-state index contributed by atoms with van der Waals surface area (Å²) in [5, 5.41) is 18.1. The zero-order valence-electron chi connectivity index (χ0n) is 9.95. The second-order valence-electron chi connectivity index (χ2n) is 3.99. The van der Waals surface area contributed by atoms with Gasteiger partial charge in [0.1, 0.15) is 5.75 Å². The van der Waals surface area contributed by atoms with Gasteiger partial charge in [-0.05, 0) is 42.0 Å². The Balaban J connectivity index is 2.14. The second kappa shape index (κ2) is 5.67. The largest absolute Gasteiger partial charge is 0.508 e. The molecule has 98 valence electrons. The molecule has 2 N–H and O–H groups in total. The summed E-state index contributed by atoms with van der Waals surface area (Å²) in [7, 11) is -1.27. The Labute approximate surface area is 112 Å². The summed E-state index contributed by atoms with van der Waals surface area (Å²) in [4.78, 5) is 11.3. The van der Waals surface area contributed by atoms with Crippen LogP contribution in [0.1, 0.15) is 15.9 Å². The first-order chi connectivity index (χ1) is 9.06. The zero-order chi connectivity index (χ0) is 13.8. The molecule has 2 rings (SSSR count). The Kier molecular flexibility index (Phi) is 3.97. The van der Waals surface area contributed by atoms with E-state index >= 15 is 0 Å². The van der Waals surface area contributed by atoms with E-state index in [9.17, 15) is 14.1 Å². The normalized spacial score (nSPS) is 12.0. The highest BCUT2D eigenvalue weighted by molar-refractivity contribution is 7.84. The first-order valence-corrected chi connectivity index (χ1v) is 6.88. The fourth-order valence-corrected chi connectivity index (χ4v) is 2.72. The predicted molar refractivity (Wildman–Crippen MR) is 71.6 cm³/mol. The number of aromatic carboxylic acids is 1. The van der Waals surface area contributed by atoms with E-state index < -0.39 is 16.8 Å². The molecule has 1 atom stereocenters. The predicted octanol–water partition coefficient (Wildman–Crippen LogP) is 2.40. The monoisotopic (exact) mass is 276 g/mol. The third kappa shape index (κ3) is 3.42. The molecule has 0 heterocycles. The van der Waals surface area contributed by atoms with E-state index in [4.69, 9.17) is 5.11 Å². The standard InChI is InChI=1S/C14H12O4S/c15-12-3-1-2-10(8-12)9-19(18)13-6-4-11(5-7-13)14(16)17/h1-8,15H,9H2,(H,16,17). The molecule has 0 radical (unpaired) electrons. The van der Waals surface area contributed by atoms with Gasteiger partial charge in [0.25, 0.3) is 0 Å². The van der Waals surface area contributed by atoms with Gasteiger partial charge < -0.3 is 10.2 Å². The van der Waals surface area contributed by atoms with Gasteiger partial charge in [0, 0.05) is 4.90 Å². The number of carboxylic acids is 1. The van der Waals surface area contributed by atoms with Gasteiger partial charge in [0.2, 0.25) is 0 Å². The van der Waals surface area contributed by atoms with Crippen molar-refractivity contribution in [1.29, 1.82) is 0 Å². The first-order valence-electron chi connectivity index (χ1n) is 5.56. The molecule has 1 unspecified atom stereocenters. The molecule has 2 aromatic carbocycles. The van der Waals surface area contributed by atoms with E-state index in [1.54, 1.807) is 36.4 Å². The van der Waals surface area contributed by atoms with Gasteiger partial charge in [0.05, 0.1) is 22.1 Å². The van der Waals surface area contributed by atoms with E-state index in [1.165, 1.54) is 12.1 Å². The molecule has 4 nitrogen and oxygen atoms in total. The summed E-state index contributed by atoms with van der Waals surface area (Å²) < 4.78 is 12.1. The third-order valence-corrected chi connectivity index (χ3v) is 3.97. The molecule has 19 heavy (non-hydrogen) atoms. The van der Waals surface area contributed by atoms with E-state index in [0.29, 0.717) is 4.90 Å². The Bertz CT molecular complexity index is 620. The van der Waals surface area contributed by atoms with Crippen LogP contribution in [-0.2, 0) is 16.6 Å². The van der Waals surface area contributed by atoms with Crippen LogP contribution in [0.5, 0.6) is 5.75 Å². The van der Waals surface area contributed by atoms with E-state index in [-0.39, 0.29) is 17.1 Å². The number of hydrogen-bond donors (Lipinski definition) is 2. The molecule has 0 bridgehead atoms. The highest BCUT2D eigenvalue weighted by Crippen LogP contribution is 2.16. The highest BCUT2D eigenvalue weighted by Gasteiger charge is 2.08. The lowest BCUT2D eigenvalue weighted by atomic mass is 10.2. The molecular formula is C14H12O4S. The summed E-state index contributed by atoms with van der Waals surface area (Å²) in [6.45, 7) is 0. The number of benzene rings is 2. The van der Waals surface area contributed by atoms with Crippen LogP contribution in [0.3, 0.4) is 0 Å². The summed E-state index contributed by atoms with van der Waals surface area (Å²) in [5.41, 5.74) is 0.929. The molecule has 0 fully saturated rings. The van der Waals surface area contributed by atoms with Gasteiger partial charge in [-0.1, -0.05) is 12.1 Å². The van der Waals surface area contributed by atoms with Crippen LogP contribution < -0.4 is 0 Å². The van der Waals surface area contributed by atoms with Crippen LogP contribution in [0.2, 0.25) is 0 Å². The zero-order valence-corrected chi connectivity index (χ0v) is 10.8. The first kappa shape index (κ1) is 13.3. The van der Waals surface area contributed by atoms with Crippen LogP contribution in [-0.4, -0.2) is 20.4 Å². The molecule has 0 aliphatic heterocycles. The lowest BCUT2D eigenvalue weighted by Crippen LogP contribution is -1.99. The van der Waals surface area contributed by atoms with Gasteiger partial charge in [-0.2, -0.15) is 0 Å². The summed E-state index contributed by atoms with van der Waals surface area (Å²) >= 11 is 0. The summed E-state index contributed by atoms with van der Waals surface area (Å²) in [6, 6.07) is 12.5. The Morgan fingerprint density at radius 1 is 1.11 bits per heavy atom. The van der Waals surface area contributed by atoms with Crippen LogP contribution in [0.15, 0.2) is 53.4 Å². The minimum Gasteiger partial charge on any atom is -0.508 e. The quantitative estimate of drug-likeness (QED) is 0.899. The number of carboxylic acid groups (broad SMARTS) is 1. The Hall–Kier alpha value is -2.14. The molecule has 0 spiro atoms. The molecular weight excluding hydrogens is 264 g/mol. The fraction of sp³-hybridized carbons (Fsp3) is 0.0714. The molecule has 2 aromatic rings. The van der Waals surface area contributed by atoms with Crippen molar-refractivity contribution in [2.45, 2.75) is 10.6 Å². The maximum atomic E-state index is 12.1. The number of aromatic hydroxyl groups is 1. The lowest BCUT2D eigenvalue weighted by Gasteiger charge is -2.04. The minimum atomic E-state index is -1.27. The lowest BCUT2D eigenvalue weighted by molar-refractivity contribution is 0.0697. The number of carbonyl (C=O) groups is 1. The highest BCUT2D eigenvalue weighted by atomic mass is 32.2. The Morgan fingerprint density at radius 2 is 1.79 bits per heavy atom. The third-order valence-electron chi connectivity index (χ3n) is 2.57. The average molecular weight is 276 g/mol. The van der Waals surface area contributed by atoms with Crippen molar-refractivity contribution in [1.82, 2.24) is 0 Å². The number of phenolic OH excluding ortho intramolecular Hbond substituents is 1. The SMILES string of the molecule is O=C(O)c1ccc(S(=O)Cc2cccc(O)c2)cc1.